The van der Waals surface area contributed by atoms with Gasteiger partial charge in [0.1, 0.15) is 0 Å². The van der Waals surface area contributed by atoms with Gasteiger partial charge in [0.25, 0.3) is 5.69 Å². The van der Waals surface area contributed by atoms with Gasteiger partial charge < -0.3 is 5.73 Å². The summed E-state index contributed by atoms with van der Waals surface area (Å²) in [5.74, 6) is -0.406. The van der Waals surface area contributed by atoms with Gasteiger partial charge in [0.2, 0.25) is 5.91 Å². The maximum absolute atomic E-state index is 10.5. The molecule has 0 fully saturated rings. The van der Waals surface area contributed by atoms with Crippen LogP contribution in [0.2, 0.25) is 0 Å². The van der Waals surface area contributed by atoms with Crippen LogP contribution in [0.15, 0.2) is 24.3 Å². The molecule has 1 rings (SSSR count). The molecular weight excluding hydrogens is 184 g/mol. The average molecular weight is 194 g/mol. The lowest BCUT2D eigenvalue weighted by Crippen LogP contribution is -2.11. The number of nitro benzene ring substituents is 1. The van der Waals surface area contributed by atoms with E-state index in [9.17, 15) is 14.9 Å². The molecule has 0 aromatic heterocycles. The van der Waals surface area contributed by atoms with Crippen molar-refractivity contribution in [3.8, 4) is 0 Å². The van der Waals surface area contributed by atoms with Crippen LogP contribution in [0.4, 0.5) is 5.69 Å². The molecule has 0 atom stereocenters. The highest BCUT2D eigenvalue weighted by Crippen LogP contribution is 2.13. The molecule has 0 saturated carbocycles. The van der Waals surface area contributed by atoms with Crippen molar-refractivity contribution in [3.05, 3.63) is 39.9 Å². The Morgan fingerprint density at radius 1 is 1.50 bits per heavy atom. The number of non-ortho nitro benzene ring substituents is 1. The number of rotatable bonds is 4. The van der Waals surface area contributed by atoms with E-state index >= 15 is 0 Å². The summed E-state index contributed by atoms with van der Waals surface area (Å²) in [6.07, 6.45) is 0.651. The maximum Gasteiger partial charge on any atom is 0.269 e. The summed E-state index contributed by atoms with van der Waals surface area (Å²) in [5.41, 5.74) is 5.75. The van der Waals surface area contributed by atoms with Crippen LogP contribution in [0.25, 0.3) is 0 Å². The van der Waals surface area contributed by atoms with Gasteiger partial charge in [-0.2, -0.15) is 0 Å². The lowest BCUT2D eigenvalue weighted by Gasteiger charge is -1.98. The standard InChI is InChI=1S/C9H10N2O3/c10-9(12)5-4-7-2-1-3-8(6-7)11(13)14/h1-3,6H,4-5H2,(H2,10,12). The molecule has 5 nitrogen and oxygen atoms in total. The number of amides is 1. The summed E-state index contributed by atoms with van der Waals surface area (Å²) in [4.78, 5) is 20.4. The first kappa shape index (κ1) is 10.2. The Bertz CT molecular complexity index is 363. The maximum atomic E-state index is 10.5. The molecule has 0 spiro atoms. The van der Waals surface area contributed by atoms with Crippen LogP contribution in [-0.4, -0.2) is 10.8 Å². The minimum Gasteiger partial charge on any atom is -0.370 e. The van der Waals surface area contributed by atoms with E-state index in [1.807, 2.05) is 0 Å². The van der Waals surface area contributed by atoms with Crippen LogP contribution in [0.3, 0.4) is 0 Å². The Labute approximate surface area is 80.7 Å². The summed E-state index contributed by atoms with van der Waals surface area (Å²) in [6.45, 7) is 0. The van der Waals surface area contributed by atoms with Gasteiger partial charge >= 0.3 is 0 Å². The lowest BCUT2D eigenvalue weighted by atomic mass is 10.1. The summed E-state index contributed by atoms with van der Waals surface area (Å²) >= 11 is 0. The van der Waals surface area contributed by atoms with Gasteiger partial charge in [-0.1, -0.05) is 12.1 Å². The van der Waals surface area contributed by atoms with E-state index in [0.717, 1.165) is 5.56 Å². The molecule has 5 heteroatoms. The molecule has 0 aliphatic carbocycles. The molecule has 0 radical (unpaired) electrons. The molecule has 2 N–H and O–H groups in total. The van der Waals surface area contributed by atoms with Gasteiger partial charge in [-0.05, 0) is 12.0 Å². The van der Waals surface area contributed by atoms with E-state index in [1.54, 1.807) is 12.1 Å². The number of hydrogen-bond acceptors (Lipinski definition) is 3. The number of carbonyl (C=O) groups excluding carboxylic acids is 1. The van der Waals surface area contributed by atoms with Crippen LogP contribution >= 0.6 is 0 Å². The highest BCUT2D eigenvalue weighted by Gasteiger charge is 2.05. The zero-order valence-corrected chi connectivity index (χ0v) is 7.47. The summed E-state index contributed by atoms with van der Waals surface area (Å²) in [7, 11) is 0. The first-order valence-electron chi connectivity index (χ1n) is 4.11. The Morgan fingerprint density at radius 3 is 2.79 bits per heavy atom. The summed E-state index contributed by atoms with van der Waals surface area (Å²) in [6, 6.07) is 6.18. The molecule has 1 amide bonds. The second-order valence-corrected chi connectivity index (χ2v) is 2.89. The van der Waals surface area contributed by atoms with Crippen LogP contribution in [0, 0.1) is 10.1 Å². The van der Waals surface area contributed by atoms with Crippen molar-refractivity contribution in [2.75, 3.05) is 0 Å². The zero-order chi connectivity index (χ0) is 10.6. The fourth-order valence-corrected chi connectivity index (χ4v) is 1.09. The molecule has 0 heterocycles. The first-order chi connectivity index (χ1) is 6.59. The summed E-state index contributed by atoms with van der Waals surface area (Å²) < 4.78 is 0. The zero-order valence-electron chi connectivity index (χ0n) is 7.47. The van der Waals surface area contributed by atoms with Gasteiger partial charge in [-0.25, -0.2) is 0 Å². The number of carbonyl (C=O) groups is 1. The van der Waals surface area contributed by atoms with Crippen molar-refractivity contribution in [2.24, 2.45) is 5.73 Å². The quantitative estimate of drug-likeness (QED) is 0.573. The minimum atomic E-state index is -0.465. The number of nitrogens with zero attached hydrogens (tertiary/aromatic N) is 1. The number of aryl methyl sites for hydroxylation is 1. The second kappa shape index (κ2) is 4.36. The Balaban J connectivity index is 2.73. The van der Waals surface area contributed by atoms with Crippen LogP contribution in [0.5, 0.6) is 0 Å². The molecule has 74 valence electrons. The topological polar surface area (TPSA) is 86.2 Å². The fraction of sp³-hybridized carbons (Fsp3) is 0.222. The third-order valence-corrected chi connectivity index (χ3v) is 1.78. The van der Waals surface area contributed by atoms with Gasteiger partial charge in [0.05, 0.1) is 4.92 Å². The van der Waals surface area contributed by atoms with Gasteiger partial charge in [0, 0.05) is 18.6 Å². The molecule has 0 bridgehead atoms. The smallest absolute Gasteiger partial charge is 0.269 e. The number of nitrogens with two attached hydrogens (primary N) is 1. The van der Waals surface area contributed by atoms with E-state index in [2.05, 4.69) is 0 Å². The second-order valence-electron chi connectivity index (χ2n) is 2.89. The van der Waals surface area contributed by atoms with Crippen LogP contribution in [0.1, 0.15) is 12.0 Å². The van der Waals surface area contributed by atoms with Crippen LogP contribution < -0.4 is 5.73 Å². The molecule has 1 aromatic rings. The van der Waals surface area contributed by atoms with E-state index in [0.29, 0.717) is 6.42 Å². The Hall–Kier alpha value is -1.91. The van der Waals surface area contributed by atoms with E-state index in [4.69, 9.17) is 5.73 Å². The number of hydrogen-bond donors (Lipinski definition) is 1. The first-order valence-corrected chi connectivity index (χ1v) is 4.11. The lowest BCUT2D eigenvalue weighted by molar-refractivity contribution is -0.384. The number of primary amides is 1. The molecule has 1 aromatic carbocycles. The third kappa shape index (κ3) is 2.85. The Morgan fingerprint density at radius 2 is 2.21 bits per heavy atom. The number of benzene rings is 1. The van der Waals surface area contributed by atoms with Crippen molar-refractivity contribution in [3.63, 3.8) is 0 Å². The van der Waals surface area contributed by atoms with Crippen molar-refractivity contribution in [1.29, 1.82) is 0 Å². The van der Waals surface area contributed by atoms with Gasteiger partial charge in [0.15, 0.2) is 0 Å². The molecule has 0 aliphatic rings. The summed E-state index contributed by atoms with van der Waals surface area (Å²) in [5, 5.41) is 10.4. The van der Waals surface area contributed by atoms with Gasteiger partial charge in [-0.3, -0.25) is 14.9 Å². The van der Waals surface area contributed by atoms with E-state index < -0.39 is 10.8 Å². The molecule has 14 heavy (non-hydrogen) atoms. The highest BCUT2D eigenvalue weighted by atomic mass is 16.6. The normalized spacial score (nSPS) is 9.71. The molecular formula is C9H10N2O3. The Kier molecular flexibility index (Phi) is 3.17. The number of nitro groups is 1. The highest BCUT2D eigenvalue weighted by molar-refractivity contribution is 5.74. The van der Waals surface area contributed by atoms with Crippen molar-refractivity contribution >= 4 is 11.6 Å². The van der Waals surface area contributed by atoms with E-state index in [-0.39, 0.29) is 12.1 Å². The van der Waals surface area contributed by atoms with Crippen molar-refractivity contribution in [1.82, 2.24) is 0 Å². The average Bonchev–Trinajstić information content (AvgIpc) is 2.15. The molecule has 0 saturated heterocycles. The van der Waals surface area contributed by atoms with Gasteiger partial charge in [-0.15, -0.1) is 0 Å². The predicted molar refractivity (Wildman–Crippen MR) is 50.6 cm³/mol. The van der Waals surface area contributed by atoms with Crippen molar-refractivity contribution in [2.45, 2.75) is 12.8 Å². The van der Waals surface area contributed by atoms with Crippen molar-refractivity contribution < 1.29 is 9.72 Å². The van der Waals surface area contributed by atoms with Crippen LogP contribution in [-0.2, 0) is 11.2 Å². The van der Waals surface area contributed by atoms with E-state index in [1.165, 1.54) is 12.1 Å². The largest absolute Gasteiger partial charge is 0.370 e. The SMILES string of the molecule is NC(=O)CCc1cccc([N+](=O)[O-])c1. The monoisotopic (exact) mass is 194 g/mol. The minimum absolute atomic E-state index is 0.0342. The molecule has 0 unspecified atom stereocenters. The predicted octanol–water partition coefficient (Wildman–Crippen LogP) is 1.01. The fourth-order valence-electron chi connectivity index (χ4n) is 1.09. The molecule has 0 aliphatic heterocycles. The third-order valence-electron chi connectivity index (χ3n) is 1.78.